The van der Waals surface area contributed by atoms with Crippen molar-refractivity contribution >= 4 is 5.97 Å². The molecule has 0 saturated heterocycles. The summed E-state index contributed by atoms with van der Waals surface area (Å²) < 4.78 is 4.61. The SMILES string of the molecule is CCC=CCC=CC=CC(O)CCCCCCCCCC(=O)OC. The second-order valence-corrected chi connectivity index (χ2v) is 6.09. The molecule has 1 unspecified atom stereocenters. The number of methoxy groups -OCH3 is 1. The molecule has 0 aromatic heterocycles. The Labute approximate surface area is 148 Å². The van der Waals surface area contributed by atoms with E-state index in [4.69, 9.17) is 0 Å². The monoisotopic (exact) mass is 336 g/mol. The van der Waals surface area contributed by atoms with Crippen molar-refractivity contribution in [1.82, 2.24) is 0 Å². The normalized spacial score (nSPS) is 13.3. The number of aliphatic hydroxyl groups is 1. The first-order chi connectivity index (χ1) is 11.7. The maximum atomic E-state index is 10.9. The summed E-state index contributed by atoms with van der Waals surface area (Å²) in [5, 5.41) is 9.86. The predicted octanol–water partition coefficient (Wildman–Crippen LogP) is 5.50. The number of ether oxygens (including phenoxy) is 1. The van der Waals surface area contributed by atoms with Crippen LogP contribution < -0.4 is 0 Å². The molecule has 0 aliphatic heterocycles. The van der Waals surface area contributed by atoms with Crippen LogP contribution in [0.3, 0.4) is 0 Å². The highest BCUT2D eigenvalue weighted by molar-refractivity contribution is 5.68. The maximum Gasteiger partial charge on any atom is 0.305 e. The molecule has 0 aromatic rings. The van der Waals surface area contributed by atoms with Crippen LogP contribution in [-0.2, 0) is 9.53 Å². The largest absolute Gasteiger partial charge is 0.469 e. The first-order valence-electron chi connectivity index (χ1n) is 9.44. The van der Waals surface area contributed by atoms with Gasteiger partial charge in [0, 0.05) is 6.42 Å². The van der Waals surface area contributed by atoms with E-state index in [0.29, 0.717) is 6.42 Å². The van der Waals surface area contributed by atoms with E-state index in [-0.39, 0.29) is 12.1 Å². The summed E-state index contributed by atoms with van der Waals surface area (Å²) in [6.07, 6.45) is 23.1. The van der Waals surface area contributed by atoms with Crippen molar-refractivity contribution in [3.8, 4) is 0 Å². The van der Waals surface area contributed by atoms with Gasteiger partial charge in [0.15, 0.2) is 0 Å². The van der Waals surface area contributed by atoms with Gasteiger partial charge < -0.3 is 9.84 Å². The van der Waals surface area contributed by atoms with Gasteiger partial charge in [-0.2, -0.15) is 0 Å². The second kappa shape index (κ2) is 18.0. The zero-order chi connectivity index (χ0) is 17.9. The first-order valence-corrected chi connectivity index (χ1v) is 9.44. The van der Waals surface area contributed by atoms with E-state index in [1.165, 1.54) is 32.8 Å². The van der Waals surface area contributed by atoms with Crippen LogP contribution >= 0.6 is 0 Å². The molecule has 1 atom stereocenters. The number of esters is 1. The van der Waals surface area contributed by atoms with Crippen LogP contribution in [0.25, 0.3) is 0 Å². The number of hydrogen-bond donors (Lipinski definition) is 1. The number of carbonyl (C=O) groups is 1. The number of hydrogen-bond acceptors (Lipinski definition) is 3. The van der Waals surface area contributed by atoms with Crippen LogP contribution in [-0.4, -0.2) is 24.3 Å². The first kappa shape index (κ1) is 22.6. The van der Waals surface area contributed by atoms with Crippen molar-refractivity contribution in [2.75, 3.05) is 7.11 Å². The van der Waals surface area contributed by atoms with Crippen LogP contribution in [0.5, 0.6) is 0 Å². The van der Waals surface area contributed by atoms with Gasteiger partial charge >= 0.3 is 5.97 Å². The molecule has 0 fully saturated rings. The number of allylic oxidation sites excluding steroid dienone is 5. The lowest BCUT2D eigenvalue weighted by Gasteiger charge is -2.05. The number of aliphatic hydroxyl groups excluding tert-OH is 1. The van der Waals surface area contributed by atoms with Crippen molar-refractivity contribution < 1.29 is 14.6 Å². The van der Waals surface area contributed by atoms with Crippen molar-refractivity contribution in [1.29, 1.82) is 0 Å². The van der Waals surface area contributed by atoms with Crippen molar-refractivity contribution in [2.45, 2.75) is 83.7 Å². The zero-order valence-corrected chi connectivity index (χ0v) is 15.6. The van der Waals surface area contributed by atoms with Crippen molar-refractivity contribution in [3.63, 3.8) is 0 Å². The third-order valence-corrected chi connectivity index (χ3v) is 3.86. The van der Waals surface area contributed by atoms with Crippen LogP contribution in [0, 0.1) is 0 Å². The minimum absolute atomic E-state index is 0.107. The predicted molar refractivity (Wildman–Crippen MR) is 102 cm³/mol. The van der Waals surface area contributed by atoms with E-state index >= 15 is 0 Å². The van der Waals surface area contributed by atoms with E-state index < -0.39 is 0 Å². The molecule has 1 N–H and O–H groups in total. The standard InChI is InChI=1S/C21H36O3/c1-3-4-5-6-8-11-14-17-20(22)18-15-12-9-7-10-13-16-19-21(23)24-2/h4-5,8,11,14,17,20,22H,3,6-7,9-10,12-13,15-16,18-19H2,1-2H3. The Morgan fingerprint density at radius 3 is 2.29 bits per heavy atom. The summed E-state index contributed by atoms with van der Waals surface area (Å²) in [5.74, 6) is -0.107. The molecule has 0 amide bonds. The Hall–Kier alpha value is -1.35. The topological polar surface area (TPSA) is 46.5 Å². The van der Waals surface area contributed by atoms with Gasteiger partial charge in [-0.15, -0.1) is 0 Å². The van der Waals surface area contributed by atoms with E-state index in [0.717, 1.165) is 38.5 Å². The van der Waals surface area contributed by atoms with Gasteiger partial charge in [-0.1, -0.05) is 81.9 Å². The van der Waals surface area contributed by atoms with Gasteiger partial charge in [0.05, 0.1) is 13.2 Å². The summed E-state index contributed by atoms with van der Waals surface area (Å²) in [6.45, 7) is 2.13. The summed E-state index contributed by atoms with van der Waals surface area (Å²) in [5.41, 5.74) is 0. The highest BCUT2D eigenvalue weighted by atomic mass is 16.5. The quantitative estimate of drug-likeness (QED) is 0.186. The molecular weight excluding hydrogens is 300 g/mol. The van der Waals surface area contributed by atoms with Gasteiger partial charge in [0.1, 0.15) is 0 Å². The maximum absolute atomic E-state index is 10.9. The average Bonchev–Trinajstić information content (AvgIpc) is 2.59. The van der Waals surface area contributed by atoms with E-state index in [1.807, 2.05) is 18.2 Å². The zero-order valence-electron chi connectivity index (χ0n) is 15.6. The van der Waals surface area contributed by atoms with Gasteiger partial charge in [0.2, 0.25) is 0 Å². The summed E-state index contributed by atoms with van der Waals surface area (Å²) in [6, 6.07) is 0. The molecule has 0 aromatic carbocycles. The van der Waals surface area contributed by atoms with Crippen LogP contribution in [0.4, 0.5) is 0 Å². The summed E-state index contributed by atoms with van der Waals surface area (Å²) >= 11 is 0. The average molecular weight is 337 g/mol. The molecule has 3 heteroatoms. The van der Waals surface area contributed by atoms with Gasteiger partial charge in [-0.3, -0.25) is 4.79 Å². The van der Waals surface area contributed by atoms with Crippen LogP contribution in [0.1, 0.15) is 77.6 Å². The number of unbranched alkanes of at least 4 members (excludes halogenated alkanes) is 6. The fourth-order valence-corrected chi connectivity index (χ4v) is 2.40. The fourth-order valence-electron chi connectivity index (χ4n) is 2.40. The van der Waals surface area contributed by atoms with Crippen molar-refractivity contribution in [2.24, 2.45) is 0 Å². The molecule has 0 saturated carbocycles. The molecule has 0 rings (SSSR count). The lowest BCUT2D eigenvalue weighted by Crippen LogP contribution is -2.01. The molecule has 0 heterocycles. The Kier molecular flexibility index (Phi) is 17.0. The van der Waals surface area contributed by atoms with Gasteiger partial charge in [0.25, 0.3) is 0 Å². The van der Waals surface area contributed by atoms with Gasteiger partial charge in [-0.25, -0.2) is 0 Å². The Bertz CT molecular complexity index is 369. The lowest BCUT2D eigenvalue weighted by atomic mass is 10.1. The highest BCUT2D eigenvalue weighted by Gasteiger charge is 2.00. The molecule has 0 radical (unpaired) electrons. The fraction of sp³-hybridized carbons (Fsp3) is 0.667. The Morgan fingerprint density at radius 2 is 1.62 bits per heavy atom. The van der Waals surface area contributed by atoms with Crippen LogP contribution in [0.15, 0.2) is 36.5 Å². The molecular formula is C21H36O3. The highest BCUT2D eigenvalue weighted by Crippen LogP contribution is 2.11. The summed E-state index contributed by atoms with van der Waals surface area (Å²) in [4.78, 5) is 10.9. The summed E-state index contributed by atoms with van der Waals surface area (Å²) in [7, 11) is 1.44. The van der Waals surface area contributed by atoms with Crippen molar-refractivity contribution in [3.05, 3.63) is 36.5 Å². The molecule has 0 aliphatic carbocycles. The van der Waals surface area contributed by atoms with Gasteiger partial charge in [-0.05, 0) is 25.7 Å². The molecule has 3 nitrogen and oxygen atoms in total. The molecule has 0 aliphatic rings. The lowest BCUT2D eigenvalue weighted by molar-refractivity contribution is -0.140. The third kappa shape index (κ3) is 17.0. The Balaban J connectivity index is 3.41. The van der Waals surface area contributed by atoms with E-state index in [1.54, 1.807) is 0 Å². The van der Waals surface area contributed by atoms with Crippen LogP contribution in [0.2, 0.25) is 0 Å². The smallest absolute Gasteiger partial charge is 0.305 e. The molecule has 0 bridgehead atoms. The molecule has 0 spiro atoms. The molecule has 138 valence electrons. The second-order valence-electron chi connectivity index (χ2n) is 6.09. The third-order valence-electron chi connectivity index (χ3n) is 3.86. The minimum atomic E-state index is -0.333. The van der Waals surface area contributed by atoms with E-state index in [9.17, 15) is 9.90 Å². The Morgan fingerprint density at radius 1 is 0.958 bits per heavy atom. The number of rotatable bonds is 15. The van der Waals surface area contributed by atoms with E-state index in [2.05, 4.69) is 29.9 Å². The molecule has 24 heavy (non-hydrogen) atoms. The number of carbonyl (C=O) groups excluding carboxylic acids is 1. The minimum Gasteiger partial charge on any atom is -0.469 e.